The van der Waals surface area contributed by atoms with Gasteiger partial charge in [0.25, 0.3) is 0 Å². The molecular weight excluding hydrogens is 378 g/mol. The zero-order chi connectivity index (χ0) is 19.7. The van der Waals surface area contributed by atoms with E-state index in [1.54, 1.807) is 18.4 Å². The standard InChI is InChI=1S/C20H19N3O4S/c1-13-19(18-12-26-11-17(27-18)14-5-3-2-4-6-14)20(23-22-13)15-7-9-16(10-8-15)28(21,24)25/h2-3,5,7-12H,4,6H2,1H3,(H,22,23)(H2,21,24,25). The number of allylic oxidation sites excluding steroid dienone is 4. The van der Waals surface area contributed by atoms with E-state index < -0.39 is 10.0 Å². The molecule has 1 aromatic heterocycles. The van der Waals surface area contributed by atoms with E-state index in [-0.39, 0.29) is 4.90 Å². The van der Waals surface area contributed by atoms with Crippen LogP contribution in [-0.2, 0) is 19.5 Å². The number of nitrogens with two attached hydrogens (primary N) is 1. The molecular formula is C20H19N3O4S. The van der Waals surface area contributed by atoms with Crippen LogP contribution in [0, 0.1) is 6.92 Å². The van der Waals surface area contributed by atoms with Crippen LogP contribution in [0.4, 0.5) is 0 Å². The molecule has 1 aromatic carbocycles. The fourth-order valence-corrected chi connectivity index (χ4v) is 3.64. The second-order valence-electron chi connectivity index (χ2n) is 6.50. The number of benzene rings is 1. The Morgan fingerprint density at radius 3 is 2.57 bits per heavy atom. The van der Waals surface area contributed by atoms with Crippen molar-refractivity contribution in [1.82, 2.24) is 10.2 Å². The predicted molar refractivity (Wildman–Crippen MR) is 105 cm³/mol. The molecule has 2 heterocycles. The third-order valence-electron chi connectivity index (χ3n) is 4.55. The van der Waals surface area contributed by atoms with Crippen LogP contribution in [-0.4, -0.2) is 18.6 Å². The molecule has 2 aromatic rings. The summed E-state index contributed by atoms with van der Waals surface area (Å²) in [6, 6.07) is 6.23. The van der Waals surface area contributed by atoms with Crippen molar-refractivity contribution in [3.8, 4) is 11.3 Å². The fraction of sp³-hybridized carbons (Fsp3) is 0.150. The molecule has 2 aliphatic rings. The van der Waals surface area contributed by atoms with Crippen molar-refractivity contribution in [1.29, 1.82) is 0 Å². The Morgan fingerprint density at radius 2 is 1.89 bits per heavy atom. The molecule has 7 nitrogen and oxygen atoms in total. The lowest BCUT2D eigenvalue weighted by molar-refractivity contribution is 0.285. The molecule has 4 rings (SSSR count). The first-order chi connectivity index (χ1) is 13.4. The molecule has 0 amide bonds. The van der Waals surface area contributed by atoms with Crippen molar-refractivity contribution in [2.45, 2.75) is 24.7 Å². The molecule has 28 heavy (non-hydrogen) atoms. The summed E-state index contributed by atoms with van der Waals surface area (Å²) in [5, 5.41) is 12.5. The molecule has 0 saturated carbocycles. The number of aromatic amines is 1. The van der Waals surface area contributed by atoms with Crippen LogP contribution < -0.4 is 5.14 Å². The fourth-order valence-electron chi connectivity index (χ4n) is 3.13. The van der Waals surface area contributed by atoms with Crippen LogP contribution in [0.15, 0.2) is 71.2 Å². The number of sulfonamides is 1. The van der Waals surface area contributed by atoms with E-state index >= 15 is 0 Å². The summed E-state index contributed by atoms with van der Waals surface area (Å²) >= 11 is 0. The quantitative estimate of drug-likeness (QED) is 0.821. The van der Waals surface area contributed by atoms with Crippen LogP contribution in [0.5, 0.6) is 0 Å². The van der Waals surface area contributed by atoms with Gasteiger partial charge in [-0.25, -0.2) is 13.6 Å². The number of primary sulfonamides is 1. The van der Waals surface area contributed by atoms with Gasteiger partial charge >= 0.3 is 0 Å². The zero-order valence-corrected chi connectivity index (χ0v) is 16.0. The summed E-state index contributed by atoms with van der Waals surface area (Å²) in [6.45, 7) is 1.88. The molecule has 3 N–H and O–H groups in total. The zero-order valence-electron chi connectivity index (χ0n) is 15.2. The maximum Gasteiger partial charge on any atom is 0.238 e. The van der Waals surface area contributed by atoms with Gasteiger partial charge in [-0.05, 0) is 37.5 Å². The molecule has 0 unspecified atom stereocenters. The molecule has 1 aliphatic heterocycles. The SMILES string of the molecule is Cc1[nH]nc(-c2ccc(S(N)(=O)=O)cc2)c1C1=COC=C(C2=CC=CCC2)O1. The Hall–Kier alpha value is -3.10. The Labute approximate surface area is 162 Å². The lowest BCUT2D eigenvalue weighted by Crippen LogP contribution is -2.11. The third kappa shape index (κ3) is 3.51. The average Bonchev–Trinajstić information content (AvgIpc) is 3.10. The summed E-state index contributed by atoms with van der Waals surface area (Å²) in [7, 11) is -3.75. The van der Waals surface area contributed by atoms with Crippen LogP contribution in [0.3, 0.4) is 0 Å². The Kier molecular flexibility index (Phi) is 4.66. The summed E-state index contributed by atoms with van der Waals surface area (Å²) < 4.78 is 34.6. The van der Waals surface area contributed by atoms with Gasteiger partial charge < -0.3 is 9.47 Å². The number of hydrogen-bond donors (Lipinski definition) is 2. The highest BCUT2D eigenvalue weighted by Gasteiger charge is 2.23. The minimum absolute atomic E-state index is 0.0454. The monoisotopic (exact) mass is 397 g/mol. The summed E-state index contributed by atoms with van der Waals surface area (Å²) in [4.78, 5) is 0.0454. The first-order valence-corrected chi connectivity index (χ1v) is 10.3. The number of rotatable bonds is 4. The molecule has 0 bridgehead atoms. The van der Waals surface area contributed by atoms with Gasteiger partial charge in [-0.15, -0.1) is 0 Å². The number of nitrogens with one attached hydrogen (secondary N) is 1. The van der Waals surface area contributed by atoms with Crippen molar-refractivity contribution < 1.29 is 17.9 Å². The van der Waals surface area contributed by atoms with E-state index in [2.05, 4.69) is 16.3 Å². The predicted octanol–water partition coefficient (Wildman–Crippen LogP) is 3.50. The van der Waals surface area contributed by atoms with Gasteiger partial charge in [0.2, 0.25) is 10.0 Å². The number of aryl methyl sites for hydroxylation is 1. The van der Waals surface area contributed by atoms with Gasteiger partial charge in [0.1, 0.15) is 18.2 Å². The highest BCUT2D eigenvalue weighted by atomic mass is 32.2. The van der Waals surface area contributed by atoms with E-state index in [1.807, 2.05) is 19.1 Å². The maximum absolute atomic E-state index is 11.5. The molecule has 0 radical (unpaired) electrons. The lowest BCUT2D eigenvalue weighted by atomic mass is 10.0. The van der Waals surface area contributed by atoms with Gasteiger partial charge in [0, 0.05) is 11.3 Å². The van der Waals surface area contributed by atoms with Crippen LogP contribution >= 0.6 is 0 Å². The second-order valence-corrected chi connectivity index (χ2v) is 8.06. The van der Waals surface area contributed by atoms with E-state index in [0.29, 0.717) is 17.2 Å². The maximum atomic E-state index is 11.5. The van der Waals surface area contributed by atoms with E-state index in [0.717, 1.165) is 35.2 Å². The van der Waals surface area contributed by atoms with Gasteiger partial charge in [-0.1, -0.05) is 30.4 Å². The van der Waals surface area contributed by atoms with Crippen molar-refractivity contribution in [3.63, 3.8) is 0 Å². The van der Waals surface area contributed by atoms with E-state index in [4.69, 9.17) is 14.6 Å². The lowest BCUT2D eigenvalue weighted by Gasteiger charge is -2.20. The molecule has 0 fully saturated rings. The summed E-state index contributed by atoms with van der Waals surface area (Å²) in [5.74, 6) is 1.20. The molecule has 0 atom stereocenters. The van der Waals surface area contributed by atoms with Gasteiger partial charge in [0.05, 0.1) is 10.5 Å². The summed E-state index contributed by atoms with van der Waals surface area (Å²) in [6.07, 6.45) is 11.1. The molecule has 8 heteroatoms. The first-order valence-electron chi connectivity index (χ1n) is 8.72. The molecule has 0 spiro atoms. The number of ether oxygens (including phenoxy) is 2. The van der Waals surface area contributed by atoms with Crippen LogP contribution in [0.2, 0.25) is 0 Å². The Morgan fingerprint density at radius 1 is 1.14 bits per heavy atom. The Bertz CT molecular complexity index is 1140. The summed E-state index contributed by atoms with van der Waals surface area (Å²) in [5.41, 5.74) is 3.98. The highest BCUT2D eigenvalue weighted by molar-refractivity contribution is 7.89. The van der Waals surface area contributed by atoms with Crippen LogP contribution in [0.1, 0.15) is 24.1 Å². The molecule has 1 aliphatic carbocycles. The second kappa shape index (κ2) is 7.14. The Balaban J connectivity index is 1.67. The van der Waals surface area contributed by atoms with Gasteiger partial charge in [-0.3, -0.25) is 5.10 Å². The first kappa shape index (κ1) is 18.3. The number of nitrogens with zero attached hydrogens (tertiary/aromatic N) is 1. The number of H-pyrrole nitrogens is 1. The number of aromatic nitrogens is 2. The van der Waals surface area contributed by atoms with Crippen molar-refractivity contribution >= 4 is 15.8 Å². The average molecular weight is 397 g/mol. The van der Waals surface area contributed by atoms with Crippen molar-refractivity contribution in [2.75, 3.05) is 0 Å². The van der Waals surface area contributed by atoms with Crippen molar-refractivity contribution in [3.05, 3.63) is 77.6 Å². The minimum Gasteiger partial charge on any atom is -0.465 e. The van der Waals surface area contributed by atoms with Crippen molar-refractivity contribution in [2.24, 2.45) is 5.14 Å². The normalized spacial score (nSPS) is 16.6. The van der Waals surface area contributed by atoms with Crippen LogP contribution in [0.25, 0.3) is 17.0 Å². The number of hydrogen-bond acceptors (Lipinski definition) is 5. The van der Waals surface area contributed by atoms with Gasteiger partial charge in [0.15, 0.2) is 11.5 Å². The topological polar surface area (TPSA) is 107 Å². The molecule has 144 valence electrons. The third-order valence-corrected chi connectivity index (χ3v) is 5.48. The smallest absolute Gasteiger partial charge is 0.238 e. The van der Waals surface area contributed by atoms with Gasteiger partial charge in [-0.2, -0.15) is 5.10 Å². The minimum atomic E-state index is -3.75. The molecule has 0 saturated heterocycles. The van der Waals surface area contributed by atoms with E-state index in [9.17, 15) is 8.42 Å². The highest BCUT2D eigenvalue weighted by Crippen LogP contribution is 2.36. The largest absolute Gasteiger partial charge is 0.465 e. The van der Waals surface area contributed by atoms with E-state index in [1.165, 1.54) is 18.4 Å².